The number of aryl methyl sites for hydroxylation is 1. The number of aromatic nitrogens is 1. The van der Waals surface area contributed by atoms with Crippen LogP contribution < -0.4 is 5.32 Å². The highest BCUT2D eigenvalue weighted by atomic mass is 14.8. The minimum atomic E-state index is 0.949. The van der Waals surface area contributed by atoms with Crippen LogP contribution >= 0.6 is 0 Å². The van der Waals surface area contributed by atoms with E-state index in [1.165, 1.54) is 27.9 Å². The van der Waals surface area contributed by atoms with Crippen LogP contribution in [0, 0.1) is 6.92 Å². The summed E-state index contributed by atoms with van der Waals surface area (Å²) < 4.78 is 0. The van der Waals surface area contributed by atoms with Gasteiger partial charge in [0.25, 0.3) is 0 Å². The van der Waals surface area contributed by atoms with Crippen molar-refractivity contribution in [2.24, 2.45) is 0 Å². The molecule has 2 nitrogen and oxygen atoms in total. The molecule has 0 bridgehead atoms. The Kier molecular flexibility index (Phi) is 4.57. The highest BCUT2D eigenvalue weighted by Gasteiger charge is 2.07. The van der Waals surface area contributed by atoms with Gasteiger partial charge in [0.2, 0.25) is 0 Å². The van der Waals surface area contributed by atoms with Crippen molar-refractivity contribution >= 4 is 11.3 Å². The summed E-state index contributed by atoms with van der Waals surface area (Å²) in [7, 11) is 1.94. The molecular weight excluding hydrogens is 292 g/mol. The molecule has 2 heteroatoms. The van der Waals surface area contributed by atoms with Crippen LogP contribution in [0.5, 0.6) is 0 Å². The molecule has 3 aromatic rings. The number of hydrogen-bond donors (Lipinski definition) is 2. The molecule has 3 rings (SSSR count). The van der Waals surface area contributed by atoms with Crippen molar-refractivity contribution in [3.8, 4) is 11.3 Å². The van der Waals surface area contributed by atoms with Crippen molar-refractivity contribution in [1.82, 2.24) is 4.98 Å². The molecule has 0 amide bonds. The molecule has 1 heterocycles. The van der Waals surface area contributed by atoms with E-state index in [0.29, 0.717) is 0 Å². The number of allylic oxidation sites excluding steroid dienone is 1. The van der Waals surface area contributed by atoms with Crippen molar-refractivity contribution in [3.05, 3.63) is 83.6 Å². The predicted octanol–water partition coefficient (Wildman–Crippen LogP) is 5.66. The van der Waals surface area contributed by atoms with Crippen molar-refractivity contribution in [1.29, 1.82) is 0 Å². The van der Waals surface area contributed by atoms with Crippen molar-refractivity contribution in [3.63, 3.8) is 0 Å². The summed E-state index contributed by atoms with van der Waals surface area (Å²) in [6.07, 6.45) is 0.949. The second-order valence-electron chi connectivity index (χ2n) is 6.32. The van der Waals surface area contributed by atoms with Crippen LogP contribution in [0.2, 0.25) is 0 Å². The van der Waals surface area contributed by atoms with Gasteiger partial charge >= 0.3 is 0 Å². The van der Waals surface area contributed by atoms with E-state index in [0.717, 1.165) is 23.4 Å². The van der Waals surface area contributed by atoms with Crippen LogP contribution in [-0.4, -0.2) is 12.0 Å². The van der Waals surface area contributed by atoms with E-state index in [4.69, 9.17) is 0 Å². The van der Waals surface area contributed by atoms with Gasteiger partial charge in [0.1, 0.15) is 0 Å². The van der Waals surface area contributed by atoms with Crippen LogP contribution in [-0.2, 0) is 6.42 Å². The first-order chi connectivity index (χ1) is 11.6. The normalized spacial score (nSPS) is 10.6. The first-order valence-corrected chi connectivity index (χ1v) is 8.28. The minimum Gasteiger partial charge on any atom is -0.388 e. The lowest BCUT2D eigenvalue weighted by Gasteiger charge is -2.05. The van der Waals surface area contributed by atoms with Crippen molar-refractivity contribution < 1.29 is 0 Å². The Bertz CT molecular complexity index is 837. The molecule has 0 radical (unpaired) electrons. The molecule has 0 fully saturated rings. The van der Waals surface area contributed by atoms with Crippen LogP contribution in [0.25, 0.3) is 16.8 Å². The molecule has 2 N–H and O–H groups in total. The van der Waals surface area contributed by atoms with E-state index in [1.54, 1.807) is 0 Å². The van der Waals surface area contributed by atoms with E-state index in [2.05, 4.69) is 78.4 Å². The SMILES string of the molecule is C=C(C)c1cc(-c2ccc(Cc3ccc(NC)cc3)cc2)[nH]c1C. The van der Waals surface area contributed by atoms with Gasteiger partial charge < -0.3 is 10.3 Å². The second-order valence-corrected chi connectivity index (χ2v) is 6.32. The first-order valence-electron chi connectivity index (χ1n) is 8.28. The number of nitrogens with one attached hydrogen (secondary N) is 2. The summed E-state index contributed by atoms with van der Waals surface area (Å²) in [5.74, 6) is 0. The molecule has 0 saturated heterocycles. The fraction of sp³-hybridized carbons (Fsp3) is 0.182. The van der Waals surface area contributed by atoms with Gasteiger partial charge in [0.05, 0.1) is 0 Å². The van der Waals surface area contributed by atoms with Gasteiger partial charge in [-0.3, -0.25) is 0 Å². The molecule has 24 heavy (non-hydrogen) atoms. The lowest BCUT2D eigenvalue weighted by molar-refractivity contribution is 1.19. The standard InChI is InChI=1S/C22H24N2/c1-15(2)21-14-22(24-16(21)3)19-9-5-17(6-10-19)13-18-7-11-20(23-4)12-8-18/h5-12,14,23-24H,1,13H2,2-4H3. The smallest absolute Gasteiger partial charge is 0.0462 e. The molecule has 0 unspecified atom stereocenters. The molecule has 0 atom stereocenters. The number of rotatable bonds is 5. The number of hydrogen-bond acceptors (Lipinski definition) is 1. The van der Waals surface area contributed by atoms with E-state index in [1.807, 2.05) is 14.0 Å². The molecule has 1 aromatic heterocycles. The maximum atomic E-state index is 4.04. The third kappa shape index (κ3) is 3.43. The van der Waals surface area contributed by atoms with Crippen molar-refractivity contribution in [2.45, 2.75) is 20.3 Å². The van der Waals surface area contributed by atoms with E-state index in [9.17, 15) is 0 Å². The monoisotopic (exact) mass is 316 g/mol. The summed E-state index contributed by atoms with van der Waals surface area (Å²) in [4.78, 5) is 3.46. The Morgan fingerprint density at radius 3 is 2.08 bits per heavy atom. The summed E-state index contributed by atoms with van der Waals surface area (Å²) in [5, 5.41) is 3.15. The fourth-order valence-electron chi connectivity index (χ4n) is 2.98. The quantitative estimate of drug-likeness (QED) is 0.625. The summed E-state index contributed by atoms with van der Waals surface area (Å²) in [6.45, 7) is 8.18. The van der Waals surface area contributed by atoms with Gasteiger partial charge in [0, 0.05) is 24.1 Å². The van der Waals surface area contributed by atoms with Gasteiger partial charge in [-0.15, -0.1) is 0 Å². The number of benzene rings is 2. The van der Waals surface area contributed by atoms with Crippen molar-refractivity contribution in [2.75, 3.05) is 12.4 Å². The lowest BCUT2D eigenvalue weighted by atomic mass is 10.0. The van der Waals surface area contributed by atoms with Crippen LogP contribution in [0.4, 0.5) is 5.69 Å². The molecule has 122 valence electrons. The molecule has 0 saturated carbocycles. The zero-order valence-corrected chi connectivity index (χ0v) is 14.6. The Labute approximate surface area is 144 Å². The third-order valence-corrected chi connectivity index (χ3v) is 4.39. The summed E-state index contributed by atoms with van der Waals surface area (Å²) in [6, 6.07) is 19.5. The topological polar surface area (TPSA) is 27.8 Å². The number of anilines is 1. The van der Waals surface area contributed by atoms with Crippen LogP contribution in [0.15, 0.2) is 61.2 Å². The largest absolute Gasteiger partial charge is 0.388 e. The van der Waals surface area contributed by atoms with Crippen LogP contribution in [0.1, 0.15) is 29.3 Å². The molecule has 0 aliphatic heterocycles. The summed E-state index contributed by atoms with van der Waals surface area (Å²) in [5.41, 5.74) is 9.61. The zero-order valence-electron chi connectivity index (χ0n) is 14.6. The first kappa shape index (κ1) is 16.1. The number of H-pyrrole nitrogens is 1. The highest BCUT2D eigenvalue weighted by molar-refractivity contribution is 5.71. The van der Waals surface area contributed by atoms with Gasteiger partial charge in [-0.25, -0.2) is 0 Å². The molecule has 0 spiro atoms. The average molecular weight is 316 g/mol. The van der Waals surface area contributed by atoms with Gasteiger partial charge in [-0.05, 0) is 66.3 Å². The Balaban J connectivity index is 1.77. The Morgan fingerprint density at radius 2 is 1.58 bits per heavy atom. The molecule has 2 aromatic carbocycles. The average Bonchev–Trinajstić information content (AvgIpc) is 2.98. The minimum absolute atomic E-state index is 0.949. The van der Waals surface area contributed by atoms with Gasteiger partial charge in [-0.1, -0.05) is 43.0 Å². The predicted molar refractivity (Wildman–Crippen MR) is 104 cm³/mol. The molecule has 0 aliphatic carbocycles. The van der Waals surface area contributed by atoms with Gasteiger partial charge in [0.15, 0.2) is 0 Å². The fourth-order valence-corrected chi connectivity index (χ4v) is 2.98. The van der Waals surface area contributed by atoms with Gasteiger partial charge in [-0.2, -0.15) is 0 Å². The second kappa shape index (κ2) is 6.79. The summed E-state index contributed by atoms with van der Waals surface area (Å²) >= 11 is 0. The maximum Gasteiger partial charge on any atom is 0.0462 e. The Hall–Kier alpha value is -2.74. The lowest BCUT2D eigenvalue weighted by Crippen LogP contribution is -1.91. The maximum absolute atomic E-state index is 4.04. The van der Waals surface area contributed by atoms with E-state index in [-0.39, 0.29) is 0 Å². The highest BCUT2D eigenvalue weighted by Crippen LogP contribution is 2.26. The molecule has 0 aliphatic rings. The third-order valence-electron chi connectivity index (χ3n) is 4.39. The van der Waals surface area contributed by atoms with Crippen LogP contribution in [0.3, 0.4) is 0 Å². The Morgan fingerprint density at radius 1 is 1.00 bits per heavy atom. The molecular formula is C22H24N2. The van der Waals surface area contributed by atoms with E-state index < -0.39 is 0 Å². The zero-order chi connectivity index (χ0) is 17.1. The van der Waals surface area contributed by atoms with E-state index >= 15 is 0 Å². The number of aromatic amines is 1.